The summed E-state index contributed by atoms with van der Waals surface area (Å²) in [6, 6.07) is 4.26. The van der Waals surface area contributed by atoms with E-state index in [1.807, 2.05) is 0 Å². The van der Waals surface area contributed by atoms with Crippen molar-refractivity contribution in [1.29, 1.82) is 0 Å². The van der Waals surface area contributed by atoms with Crippen molar-refractivity contribution in [1.82, 2.24) is 0 Å². The van der Waals surface area contributed by atoms with Crippen LogP contribution in [0.2, 0.25) is 0 Å². The summed E-state index contributed by atoms with van der Waals surface area (Å²) < 4.78 is 0. The summed E-state index contributed by atoms with van der Waals surface area (Å²) in [7, 11) is 0. The second-order valence-corrected chi connectivity index (χ2v) is 3.76. The van der Waals surface area contributed by atoms with Gasteiger partial charge in [-0.1, -0.05) is 17.7 Å². The number of ketones is 1. The summed E-state index contributed by atoms with van der Waals surface area (Å²) in [5.74, 6) is 0.232. The molecule has 0 spiro atoms. The number of hydrogen-bond acceptors (Lipinski definition) is 1. The topological polar surface area (TPSA) is 17.1 Å². The Balaban J connectivity index is 3.13. The van der Waals surface area contributed by atoms with Crippen molar-refractivity contribution >= 4 is 5.78 Å². The third kappa shape index (κ3) is 2.41. The first-order valence-corrected chi connectivity index (χ1v) is 4.57. The predicted molar refractivity (Wildman–Crippen MR) is 55.0 cm³/mol. The fourth-order valence-corrected chi connectivity index (χ4v) is 1.74. The lowest BCUT2D eigenvalue weighted by Crippen LogP contribution is -2.01. The van der Waals surface area contributed by atoms with Gasteiger partial charge in [-0.2, -0.15) is 0 Å². The van der Waals surface area contributed by atoms with Gasteiger partial charge in [0.15, 0.2) is 0 Å². The second kappa shape index (κ2) is 3.73. The molecule has 13 heavy (non-hydrogen) atoms. The van der Waals surface area contributed by atoms with E-state index in [0.717, 1.165) is 0 Å². The maximum atomic E-state index is 11.0. The highest BCUT2D eigenvalue weighted by molar-refractivity contribution is 5.79. The van der Waals surface area contributed by atoms with Gasteiger partial charge >= 0.3 is 0 Å². The molecule has 0 unspecified atom stereocenters. The number of aryl methyl sites for hydroxylation is 3. The van der Waals surface area contributed by atoms with Gasteiger partial charge < -0.3 is 0 Å². The number of hydrogen-bond donors (Lipinski definition) is 0. The molecule has 0 aromatic heterocycles. The smallest absolute Gasteiger partial charge is 0.134 e. The molecule has 0 bridgehead atoms. The van der Waals surface area contributed by atoms with E-state index in [2.05, 4.69) is 32.9 Å². The molecule has 0 aliphatic heterocycles. The van der Waals surface area contributed by atoms with Gasteiger partial charge in [0.1, 0.15) is 5.78 Å². The van der Waals surface area contributed by atoms with E-state index in [0.29, 0.717) is 6.42 Å². The molecular weight excluding hydrogens is 160 g/mol. The second-order valence-electron chi connectivity index (χ2n) is 3.76. The molecule has 0 fully saturated rings. The van der Waals surface area contributed by atoms with Crippen molar-refractivity contribution in [2.75, 3.05) is 0 Å². The van der Waals surface area contributed by atoms with E-state index in [1.54, 1.807) is 6.92 Å². The van der Waals surface area contributed by atoms with E-state index in [9.17, 15) is 4.79 Å². The minimum absolute atomic E-state index is 0.232. The molecule has 1 aromatic carbocycles. The molecule has 0 aliphatic carbocycles. The third-order valence-electron chi connectivity index (χ3n) is 2.27. The molecule has 0 N–H and O–H groups in total. The lowest BCUT2D eigenvalue weighted by molar-refractivity contribution is -0.116. The molecule has 0 atom stereocenters. The van der Waals surface area contributed by atoms with Crippen LogP contribution in [-0.2, 0) is 11.2 Å². The zero-order valence-corrected chi connectivity index (χ0v) is 8.77. The summed E-state index contributed by atoms with van der Waals surface area (Å²) in [6.07, 6.45) is 0.567. The minimum atomic E-state index is 0.232. The Morgan fingerprint density at radius 2 is 1.62 bits per heavy atom. The fraction of sp³-hybridized carbons (Fsp3) is 0.417. The number of carbonyl (C=O) groups is 1. The van der Waals surface area contributed by atoms with Gasteiger partial charge in [0.25, 0.3) is 0 Å². The molecule has 0 saturated carbocycles. The first kappa shape index (κ1) is 9.97. The Hall–Kier alpha value is -1.11. The van der Waals surface area contributed by atoms with E-state index in [4.69, 9.17) is 0 Å². The monoisotopic (exact) mass is 176 g/mol. The van der Waals surface area contributed by atoms with E-state index < -0.39 is 0 Å². The van der Waals surface area contributed by atoms with E-state index in [-0.39, 0.29) is 5.78 Å². The molecular formula is C12H16O. The summed E-state index contributed by atoms with van der Waals surface area (Å²) in [5.41, 5.74) is 4.92. The highest BCUT2D eigenvalue weighted by Crippen LogP contribution is 2.16. The van der Waals surface area contributed by atoms with Crippen LogP contribution in [0.3, 0.4) is 0 Å². The van der Waals surface area contributed by atoms with E-state index in [1.165, 1.54) is 22.3 Å². The number of benzene rings is 1. The van der Waals surface area contributed by atoms with Crippen LogP contribution in [-0.4, -0.2) is 5.78 Å². The number of rotatable bonds is 2. The van der Waals surface area contributed by atoms with Crippen LogP contribution in [0, 0.1) is 20.8 Å². The van der Waals surface area contributed by atoms with Crippen molar-refractivity contribution in [2.24, 2.45) is 0 Å². The van der Waals surface area contributed by atoms with Gasteiger partial charge in [0.2, 0.25) is 0 Å². The lowest BCUT2D eigenvalue weighted by atomic mass is 9.96. The zero-order valence-electron chi connectivity index (χ0n) is 8.77. The van der Waals surface area contributed by atoms with Crippen molar-refractivity contribution in [3.05, 3.63) is 34.4 Å². The standard InChI is InChI=1S/C12H16O/c1-8-5-9(2)12(7-11(4)13)10(3)6-8/h5-6H,7H2,1-4H3. The Morgan fingerprint density at radius 3 is 2.00 bits per heavy atom. The van der Waals surface area contributed by atoms with Gasteiger partial charge in [-0.3, -0.25) is 4.79 Å². The van der Waals surface area contributed by atoms with Gasteiger partial charge in [-0.25, -0.2) is 0 Å². The van der Waals surface area contributed by atoms with Crippen LogP contribution >= 0.6 is 0 Å². The van der Waals surface area contributed by atoms with Crippen LogP contribution < -0.4 is 0 Å². The summed E-state index contributed by atoms with van der Waals surface area (Å²) in [6.45, 7) is 7.85. The van der Waals surface area contributed by atoms with Gasteiger partial charge in [0.05, 0.1) is 0 Å². The van der Waals surface area contributed by atoms with Gasteiger partial charge in [-0.15, -0.1) is 0 Å². The van der Waals surface area contributed by atoms with E-state index >= 15 is 0 Å². The van der Waals surface area contributed by atoms with Crippen molar-refractivity contribution in [3.8, 4) is 0 Å². The summed E-state index contributed by atoms with van der Waals surface area (Å²) in [5, 5.41) is 0. The van der Waals surface area contributed by atoms with Gasteiger partial charge in [0, 0.05) is 6.42 Å². The van der Waals surface area contributed by atoms with Crippen LogP contribution in [0.4, 0.5) is 0 Å². The summed E-state index contributed by atoms with van der Waals surface area (Å²) in [4.78, 5) is 11.0. The number of Topliss-reactive ketones (excluding diaryl/α,β-unsaturated/α-hetero) is 1. The van der Waals surface area contributed by atoms with Gasteiger partial charge in [-0.05, 0) is 44.4 Å². The van der Waals surface area contributed by atoms with Crippen LogP contribution in [0.1, 0.15) is 29.2 Å². The maximum Gasteiger partial charge on any atom is 0.134 e. The third-order valence-corrected chi connectivity index (χ3v) is 2.27. The van der Waals surface area contributed by atoms with Crippen LogP contribution in [0.5, 0.6) is 0 Å². The highest BCUT2D eigenvalue weighted by atomic mass is 16.1. The zero-order chi connectivity index (χ0) is 10.0. The first-order valence-electron chi connectivity index (χ1n) is 4.57. The van der Waals surface area contributed by atoms with Crippen LogP contribution in [0.15, 0.2) is 12.1 Å². The lowest BCUT2D eigenvalue weighted by Gasteiger charge is -2.09. The van der Waals surface area contributed by atoms with Crippen LogP contribution in [0.25, 0.3) is 0 Å². The quantitative estimate of drug-likeness (QED) is 0.677. The molecule has 1 heteroatoms. The SMILES string of the molecule is CC(=O)Cc1c(C)cc(C)cc1C. The molecule has 0 amide bonds. The molecule has 1 nitrogen and oxygen atoms in total. The average Bonchev–Trinajstić information content (AvgIpc) is 1.96. The Labute approximate surface area is 79.8 Å². The highest BCUT2D eigenvalue weighted by Gasteiger charge is 2.05. The predicted octanol–water partition coefficient (Wildman–Crippen LogP) is 2.74. The van der Waals surface area contributed by atoms with Crippen molar-refractivity contribution in [3.63, 3.8) is 0 Å². The Kier molecular flexibility index (Phi) is 2.86. The Bertz CT molecular complexity index is 314. The fourth-order valence-electron chi connectivity index (χ4n) is 1.74. The molecule has 1 rings (SSSR count). The molecule has 0 radical (unpaired) electrons. The number of carbonyl (C=O) groups excluding carboxylic acids is 1. The maximum absolute atomic E-state index is 11.0. The first-order chi connectivity index (χ1) is 6.00. The Morgan fingerprint density at radius 1 is 1.15 bits per heavy atom. The average molecular weight is 176 g/mol. The normalized spacial score (nSPS) is 10.2. The molecule has 1 aromatic rings. The largest absolute Gasteiger partial charge is 0.300 e. The van der Waals surface area contributed by atoms with Crippen molar-refractivity contribution < 1.29 is 4.79 Å². The molecule has 70 valence electrons. The summed E-state index contributed by atoms with van der Waals surface area (Å²) >= 11 is 0. The van der Waals surface area contributed by atoms with Crippen molar-refractivity contribution in [2.45, 2.75) is 34.1 Å². The molecule has 0 heterocycles. The minimum Gasteiger partial charge on any atom is -0.300 e. The molecule has 0 aliphatic rings. The molecule has 0 saturated heterocycles.